The van der Waals surface area contributed by atoms with Crippen LogP contribution in [0.25, 0.3) is 22.2 Å². The average molecular weight is 458 g/mol. The third-order valence-corrected chi connectivity index (χ3v) is 5.07. The molecule has 0 radical (unpaired) electrons. The molecule has 4 aromatic rings. The molecule has 0 fully saturated rings. The Hall–Kier alpha value is -3.49. The smallest absolute Gasteiger partial charge is 0.315 e. The third kappa shape index (κ3) is 4.82. The molecule has 0 spiro atoms. The molecule has 8 nitrogen and oxygen atoms in total. The first-order chi connectivity index (χ1) is 14.9. The second-order valence-corrected chi connectivity index (χ2v) is 7.61. The number of carbonyl (C=O) groups excluding carboxylic acids is 1. The zero-order valence-electron chi connectivity index (χ0n) is 16.0. The molecule has 0 saturated carbocycles. The van der Waals surface area contributed by atoms with Gasteiger partial charge in [-0.15, -0.1) is 0 Å². The van der Waals surface area contributed by atoms with Crippen molar-refractivity contribution in [3.8, 4) is 17.0 Å². The van der Waals surface area contributed by atoms with Gasteiger partial charge in [0.2, 0.25) is 0 Å². The number of imidazole rings is 1. The zero-order valence-corrected chi connectivity index (χ0v) is 17.5. The number of nitrogens with zero attached hydrogens (tertiary/aromatic N) is 1. The Bertz CT molecular complexity index is 1330. The van der Waals surface area contributed by atoms with E-state index in [1.807, 2.05) is 12.1 Å². The van der Waals surface area contributed by atoms with Crippen molar-refractivity contribution < 1.29 is 9.90 Å². The lowest BCUT2D eigenvalue weighted by atomic mass is 10.1. The summed E-state index contributed by atoms with van der Waals surface area (Å²) < 4.78 is 0. The maximum Gasteiger partial charge on any atom is 0.315 e. The number of nitrogens with one attached hydrogen (secondary N) is 4. The number of urea groups is 1. The van der Waals surface area contributed by atoms with Gasteiger partial charge in [-0.05, 0) is 29.8 Å². The Balaban J connectivity index is 1.43. The normalized spacial score (nSPS) is 10.9. The van der Waals surface area contributed by atoms with Crippen molar-refractivity contribution in [1.82, 2.24) is 25.6 Å². The standard InChI is InChI=1S/C21H17Cl2N5O3/c22-13-3-1-2-11(6-13)9-24-21(31)25-10-17-27-19(20(23)28-17)12-4-5-15-14(7-12)16(29)8-18(30)26-15/h1-8H,9-10H2,(H,27,28)(H2,24,25,31)(H2,26,29,30). The molecule has 0 aliphatic carbocycles. The van der Waals surface area contributed by atoms with Gasteiger partial charge in [-0.3, -0.25) is 4.79 Å². The number of H-pyrrole nitrogens is 2. The fraction of sp³-hybridized carbons (Fsp3) is 0.0952. The lowest BCUT2D eigenvalue weighted by Crippen LogP contribution is -2.34. The molecule has 5 N–H and O–H groups in total. The van der Waals surface area contributed by atoms with Crippen LogP contribution in [0.15, 0.2) is 53.3 Å². The minimum atomic E-state index is -0.391. The van der Waals surface area contributed by atoms with Gasteiger partial charge in [-0.2, -0.15) is 0 Å². The molecule has 4 rings (SSSR count). The molecule has 2 amide bonds. The molecule has 2 aromatic heterocycles. The van der Waals surface area contributed by atoms with Crippen LogP contribution < -0.4 is 16.2 Å². The zero-order chi connectivity index (χ0) is 22.0. The average Bonchev–Trinajstić information content (AvgIpc) is 3.11. The van der Waals surface area contributed by atoms with E-state index in [1.165, 1.54) is 0 Å². The molecule has 0 saturated heterocycles. The van der Waals surface area contributed by atoms with Crippen LogP contribution in [0.1, 0.15) is 11.4 Å². The highest BCUT2D eigenvalue weighted by atomic mass is 35.5. The number of aromatic amines is 2. The molecule has 158 valence electrons. The van der Waals surface area contributed by atoms with Crippen LogP contribution in [0, 0.1) is 0 Å². The molecule has 0 aliphatic rings. The van der Waals surface area contributed by atoms with Gasteiger partial charge in [-0.1, -0.05) is 41.4 Å². The van der Waals surface area contributed by atoms with Crippen LogP contribution in [-0.2, 0) is 13.1 Å². The van der Waals surface area contributed by atoms with Crippen molar-refractivity contribution in [3.05, 3.63) is 80.4 Å². The van der Waals surface area contributed by atoms with E-state index in [0.29, 0.717) is 44.7 Å². The van der Waals surface area contributed by atoms with Gasteiger partial charge in [0.15, 0.2) is 0 Å². The maximum absolute atomic E-state index is 12.1. The minimum absolute atomic E-state index is 0.132. The summed E-state index contributed by atoms with van der Waals surface area (Å²) in [6.45, 7) is 0.465. The van der Waals surface area contributed by atoms with E-state index < -0.39 is 5.56 Å². The first kappa shape index (κ1) is 20.8. The molecule has 10 heteroatoms. The Morgan fingerprint density at radius 1 is 1.03 bits per heavy atom. The fourth-order valence-corrected chi connectivity index (χ4v) is 3.59. The SMILES string of the molecule is O=C(NCc1cccc(Cl)c1)NCc1nc(-c2ccc3[nH]c(=O)cc(O)c3c2)c(Cl)[nH]1. The molecule has 2 aromatic carbocycles. The van der Waals surface area contributed by atoms with Crippen LogP contribution in [-0.4, -0.2) is 26.1 Å². The molecular formula is C21H17Cl2N5O3. The summed E-state index contributed by atoms with van der Waals surface area (Å²) >= 11 is 12.2. The number of aromatic hydroxyl groups is 1. The number of benzene rings is 2. The topological polar surface area (TPSA) is 123 Å². The summed E-state index contributed by atoms with van der Waals surface area (Å²) in [5.74, 6) is 0.328. The van der Waals surface area contributed by atoms with Crippen LogP contribution in [0.3, 0.4) is 0 Å². The van der Waals surface area contributed by atoms with Crippen molar-refractivity contribution in [2.75, 3.05) is 0 Å². The Morgan fingerprint density at radius 3 is 2.65 bits per heavy atom. The van der Waals surface area contributed by atoms with Crippen molar-refractivity contribution in [2.24, 2.45) is 0 Å². The molecule has 0 atom stereocenters. The van der Waals surface area contributed by atoms with Crippen LogP contribution >= 0.6 is 23.2 Å². The van der Waals surface area contributed by atoms with E-state index in [1.54, 1.807) is 30.3 Å². The van der Waals surface area contributed by atoms with E-state index in [9.17, 15) is 14.7 Å². The summed E-state index contributed by atoms with van der Waals surface area (Å²) in [6, 6.07) is 13.0. The van der Waals surface area contributed by atoms with Gasteiger partial charge in [0.1, 0.15) is 22.4 Å². The maximum atomic E-state index is 12.1. The monoisotopic (exact) mass is 457 g/mol. The predicted molar refractivity (Wildman–Crippen MR) is 119 cm³/mol. The summed E-state index contributed by atoms with van der Waals surface area (Å²) in [4.78, 5) is 33.6. The lowest BCUT2D eigenvalue weighted by molar-refractivity contribution is 0.240. The lowest BCUT2D eigenvalue weighted by Gasteiger charge is -2.07. The Morgan fingerprint density at radius 2 is 1.84 bits per heavy atom. The largest absolute Gasteiger partial charge is 0.507 e. The highest BCUT2D eigenvalue weighted by Crippen LogP contribution is 2.30. The number of carbonyl (C=O) groups is 1. The number of aromatic nitrogens is 3. The molecule has 2 heterocycles. The summed E-state index contributed by atoms with van der Waals surface area (Å²) in [5.41, 5.74) is 2.10. The number of hydrogen-bond donors (Lipinski definition) is 5. The van der Waals surface area contributed by atoms with E-state index in [2.05, 4.69) is 25.6 Å². The van der Waals surface area contributed by atoms with Crippen molar-refractivity contribution in [3.63, 3.8) is 0 Å². The fourth-order valence-electron chi connectivity index (χ4n) is 3.11. The number of pyridine rings is 1. The highest BCUT2D eigenvalue weighted by molar-refractivity contribution is 6.32. The number of rotatable bonds is 5. The van der Waals surface area contributed by atoms with E-state index in [0.717, 1.165) is 11.6 Å². The van der Waals surface area contributed by atoms with Crippen molar-refractivity contribution >= 4 is 40.1 Å². The van der Waals surface area contributed by atoms with Gasteiger partial charge >= 0.3 is 6.03 Å². The highest BCUT2D eigenvalue weighted by Gasteiger charge is 2.13. The Kier molecular flexibility index (Phi) is 5.83. The second kappa shape index (κ2) is 8.71. The van der Waals surface area contributed by atoms with E-state index in [4.69, 9.17) is 23.2 Å². The summed E-state index contributed by atoms with van der Waals surface area (Å²) in [6.07, 6.45) is 0. The van der Waals surface area contributed by atoms with Crippen LogP contribution in [0.4, 0.5) is 4.79 Å². The van der Waals surface area contributed by atoms with Crippen LogP contribution in [0.5, 0.6) is 5.75 Å². The second-order valence-electron chi connectivity index (χ2n) is 6.79. The first-order valence-electron chi connectivity index (χ1n) is 9.26. The van der Waals surface area contributed by atoms with Gasteiger partial charge in [0, 0.05) is 28.6 Å². The summed E-state index contributed by atoms with van der Waals surface area (Å²) in [7, 11) is 0. The van der Waals surface area contributed by atoms with E-state index >= 15 is 0 Å². The van der Waals surface area contributed by atoms with Gasteiger partial charge in [-0.25, -0.2) is 9.78 Å². The number of amides is 2. The molecule has 0 aliphatic heterocycles. The van der Waals surface area contributed by atoms with E-state index in [-0.39, 0.29) is 18.3 Å². The Labute approximate surface area is 186 Å². The van der Waals surface area contributed by atoms with Crippen molar-refractivity contribution in [2.45, 2.75) is 13.1 Å². The van der Waals surface area contributed by atoms with Gasteiger partial charge in [0.05, 0.1) is 12.1 Å². The first-order valence-corrected chi connectivity index (χ1v) is 10.0. The number of hydrogen-bond acceptors (Lipinski definition) is 4. The number of halogens is 2. The van der Waals surface area contributed by atoms with Gasteiger partial charge in [0.25, 0.3) is 5.56 Å². The van der Waals surface area contributed by atoms with Crippen molar-refractivity contribution in [1.29, 1.82) is 0 Å². The minimum Gasteiger partial charge on any atom is -0.507 e. The summed E-state index contributed by atoms with van der Waals surface area (Å²) in [5, 5.41) is 16.9. The predicted octanol–water partition coefficient (Wildman–Crippen LogP) is 3.93. The molecule has 0 bridgehead atoms. The molecule has 0 unspecified atom stereocenters. The number of fused-ring (bicyclic) bond motifs is 1. The molecular weight excluding hydrogens is 441 g/mol. The third-order valence-electron chi connectivity index (χ3n) is 4.56. The van der Waals surface area contributed by atoms with Crippen LogP contribution in [0.2, 0.25) is 10.2 Å². The quantitative estimate of drug-likeness (QED) is 0.311. The van der Waals surface area contributed by atoms with Gasteiger partial charge < -0.3 is 25.7 Å². The molecule has 31 heavy (non-hydrogen) atoms.